The summed E-state index contributed by atoms with van der Waals surface area (Å²) in [6, 6.07) is 0. The van der Waals surface area contributed by atoms with Gasteiger partial charge in [-0.3, -0.25) is 4.99 Å². The van der Waals surface area contributed by atoms with E-state index in [2.05, 4.69) is 4.99 Å². The number of hydrogen-bond donors (Lipinski definition) is 0. The second-order valence-corrected chi connectivity index (χ2v) is 2.18. The maximum absolute atomic E-state index is 6.72. The van der Waals surface area contributed by atoms with Crippen molar-refractivity contribution >= 4 is 24.5 Å². The molecule has 1 heterocycles. The molecular weight excluding hydrogens is 92.9 g/mol. The van der Waals surface area contributed by atoms with Gasteiger partial charge >= 0.3 is 0 Å². The van der Waals surface area contributed by atoms with E-state index in [0.29, 0.717) is 0 Å². The average Bonchev–Trinajstić information content (AvgIpc) is 2.14. The quantitative estimate of drug-likeness (QED) is 0.421. The number of nitrogens with zero attached hydrogens (tertiary/aromatic N) is 1. The Hall–Kier alpha value is 0.0849. The fraction of sp³-hybridized carbons (Fsp3) is 0.667. The molecule has 0 saturated heterocycles. The van der Waals surface area contributed by atoms with Gasteiger partial charge in [0.15, 0.2) is 7.81 Å². The molecule has 1 radical (unpaired) electrons. The van der Waals surface area contributed by atoms with E-state index in [-0.39, 0.29) is 0 Å². The molecule has 6 heavy (non-hydrogen) atoms. The SMILES string of the molecule is [2H][B]C1=NCCS1. The minimum absolute atomic E-state index is 0.875. The monoisotopic (exact) mass is 99.0 g/mol. The van der Waals surface area contributed by atoms with Crippen molar-refractivity contribution in [3.8, 4) is 0 Å². The minimum atomic E-state index is 0.875. The van der Waals surface area contributed by atoms with Crippen LogP contribution in [0.3, 0.4) is 0 Å². The molecule has 0 aliphatic carbocycles. The summed E-state index contributed by atoms with van der Waals surface area (Å²) in [5.41, 5.74) is 0. The van der Waals surface area contributed by atoms with Crippen LogP contribution in [-0.4, -0.2) is 26.4 Å². The van der Waals surface area contributed by atoms with Crippen molar-refractivity contribution in [3.05, 3.63) is 0 Å². The molecule has 0 aromatic rings. The molecule has 1 aliphatic rings. The summed E-state index contributed by atoms with van der Waals surface area (Å²) in [5.74, 6) is 1.06. The minimum Gasteiger partial charge on any atom is -0.293 e. The van der Waals surface area contributed by atoms with Gasteiger partial charge in [0, 0.05) is 17.2 Å². The lowest BCUT2D eigenvalue weighted by Gasteiger charge is -1.77. The highest BCUT2D eigenvalue weighted by Gasteiger charge is 1.96. The lowest BCUT2D eigenvalue weighted by Crippen LogP contribution is -1.79. The zero-order chi connectivity index (χ0) is 5.11. The highest BCUT2D eigenvalue weighted by atomic mass is 32.2. The van der Waals surface area contributed by atoms with Crippen LogP contribution in [0.25, 0.3) is 0 Å². The Morgan fingerprint density at radius 2 is 3.17 bits per heavy atom. The predicted octanol–water partition coefficient (Wildman–Crippen LogP) is -0.0100. The lowest BCUT2D eigenvalue weighted by atomic mass is 10.2. The van der Waals surface area contributed by atoms with E-state index >= 15 is 0 Å². The first-order valence-corrected chi connectivity index (χ1v) is 2.81. The van der Waals surface area contributed by atoms with Gasteiger partial charge in [0.1, 0.15) is 0 Å². The molecule has 31 valence electrons. The summed E-state index contributed by atoms with van der Waals surface area (Å²) in [6.07, 6.45) is 0. The van der Waals surface area contributed by atoms with Gasteiger partial charge in [-0.2, -0.15) is 0 Å². The van der Waals surface area contributed by atoms with Crippen LogP contribution < -0.4 is 0 Å². The van der Waals surface area contributed by atoms with Crippen LogP contribution in [0, 0.1) is 0 Å². The summed E-state index contributed by atoms with van der Waals surface area (Å²) < 4.78 is 6.72. The van der Waals surface area contributed by atoms with Gasteiger partial charge in [-0.05, 0) is 1.34 Å². The van der Waals surface area contributed by atoms with Crippen LogP contribution in [-0.2, 0) is 0 Å². The first-order valence-electron chi connectivity index (χ1n) is 2.40. The Morgan fingerprint density at radius 1 is 2.17 bits per heavy atom. The fourth-order valence-corrected chi connectivity index (χ4v) is 0.926. The van der Waals surface area contributed by atoms with Crippen molar-refractivity contribution in [2.45, 2.75) is 0 Å². The van der Waals surface area contributed by atoms with Crippen LogP contribution in [0.1, 0.15) is 0 Å². The first kappa shape index (κ1) is 3.13. The number of rotatable bonds is 1. The molecule has 0 atom stereocenters. The third-order valence-electron chi connectivity index (χ3n) is 0.609. The summed E-state index contributed by atoms with van der Waals surface area (Å²) in [4.78, 5) is 4.87. The molecule has 0 N–H and O–H groups in total. The topological polar surface area (TPSA) is 12.4 Å². The number of hydrogen-bond acceptors (Lipinski definition) is 2. The van der Waals surface area contributed by atoms with Gasteiger partial charge in [-0.25, -0.2) is 0 Å². The van der Waals surface area contributed by atoms with Gasteiger partial charge in [0.05, 0.1) is 0 Å². The molecule has 1 rings (SSSR count). The van der Waals surface area contributed by atoms with Gasteiger partial charge in [-0.1, -0.05) is 0 Å². The normalized spacial score (nSPS) is 22.7. The van der Waals surface area contributed by atoms with E-state index in [9.17, 15) is 0 Å². The average molecular weight is 99.0 g/mol. The highest BCUT2D eigenvalue weighted by Crippen LogP contribution is 2.06. The summed E-state index contributed by atoms with van der Waals surface area (Å²) >= 11 is 1.65. The van der Waals surface area contributed by atoms with Gasteiger partial charge in [0.2, 0.25) is 0 Å². The molecule has 3 heteroatoms. The number of thioether (sulfide) groups is 1. The fourth-order valence-electron chi connectivity index (χ4n) is 0.352. The summed E-state index contributed by atoms with van der Waals surface area (Å²) in [7, 11) is 1.30. The Bertz CT molecular complexity index is 94.9. The van der Waals surface area contributed by atoms with Crippen LogP contribution >= 0.6 is 11.8 Å². The van der Waals surface area contributed by atoms with E-state index < -0.39 is 0 Å². The molecule has 0 saturated carbocycles. The van der Waals surface area contributed by atoms with E-state index in [1.807, 2.05) is 0 Å². The molecule has 0 aromatic carbocycles. The molecule has 1 aliphatic heterocycles. The molecule has 0 unspecified atom stereocenters. The molecule has 0 fully saturated rings. The third-order valence-corrected chi connectivity index (χ3v) is 1.42. The van der Waals surface area contributed by atoms with Crippen molar-refractivity contribution in [3.63, 3.8) is 0 Å². The molecule has 0 spiro atoms. The molecule has 1 nitrogen and oxygen atoms in total. The van der Waals surface area contributed by atoms with Crippen LogP contribution in [0.2, 0.25) is 0 Å². The van der Waals surface area contributed by atoms with Gasteiger partial charge in [0.25, 0.3) is 0 Å². The van der Waals surface area contributed by atoms with Crippen molar-refractivity contribution < 1.29 is 0 Å². The zero-order valence-corrected chi connectivity index (χ0v) is 4.16. The molecular formula is C3H5BNS. The molecule has 0 aromatic heterocycles. The van der Waals surface area contributed by atoms with E-state index in [0.717, 1.165) is 17.2 Å². The highest BCUT2D eigenvalue weighted by molar-refractivity contribution is 8.16. The van der Waals surface area contributed by atoms with E-state index in [1.54, 1.807) is 11.8 Å². The molecule has 0 amide bonds. The van der Waals surface area contributed by atoms with Gasteiger partial charge < -0.3 is 0 Å². The largest absolute Gasteiger partial charge is 0.293 e. The summed E-state index contributed by atoms with van der Waals surface area (Å²) in [5, 5.41) is 0. The Morgan fingerprint density at radius 3 is 3.50 bits per heavy atom. The Labute approximate surface area is 44.0 Å². The van der Waals surface area contributed by atoms with E-state index in [4.69, 9.17) is 1.34 Å². The number of aliphatic imine (C=N–C) groups is 1. The second kappa shape index (κ2) is 1.69. The van der Waals surface area contributed by atoms with Crippen LogP contribution in [0.15, 0.2) is 4.99 Å². The van der Waals surface area contributed by atoms with Crippen LogP contribution in [0.5, 0.6) is 0 Å². The van der Waals surface area contributed by atoms with Crippen molar-refractivity contribution in [1.29, 1.82) is 1.34 Å². The van der Waals surface area contributed by atoms with Gasteiger partial charge in [-0.15, -0.1) is 11.8 Å². The maximum Gasteiger partial charge on any atom is 0.164 e. The Balaban J connectivity index is 2.36. The predicted molar refractivity (Wildman–Crippen MR) is 31.9 cm³/mol. The Kier molecular flexibility index (Phi) is 0.883. The van der Waals surface area contributed by atoms with Crippen molar-refractivity contribution in [1.82, 2.24) is 0 Å². The standard InChI is InChI=1S/C3H5BNS/c4-3-5-1-2-6-3/h4H,1-2H2/i4D. The summed E-state index contributed by atoms with van der Waals surface area (Å²) in [6.45, 7) is 0.898. The van der Waals surface area contributed by atoms with E-state index in [1.165, 1.54) is 7.81 Å². The maximum atomic E-state index is 6.72. The zero-order valence-electron chi connectivity index (χ0n) is 4.35. The van der Waals surface area contributed by atoms with Crippen molar-refractivity contribution in [2.24, 2.45) is 4.99 Å². The molecule has 0 bridgehead atoms. The van der Waals surface area contributed by atoms with Crippen LogP contribution in [0.4, 0.5) is 0 Å². The second-order valence-electron chi connectivity index (χ2n) is 1.07. The first-order chi connectivity index (χ1) is 3.43. The van der Waals surface area contributed by atoms with Crippen molar-refractivity contribution in [2.75, 3.05) is 12.3 Å². The lowest BCUT2D eigenvalue weighted by molar-refractivity contribution is 1.18. The smallest absolute Gasteiger partial charge is 0.164 e. The third kappa shape index (κ3) is 0.774.